The minimum atomic E-state index is -0.424. The molecule has 0 aromatic carbocycles. The van der Waals surface area contributed by atoms with Crippen molar-refractivity contribution < 1.29 is 9.32 Å². The Hall–Kier alpha value is -1.65. The molecule has 5 heteroatoms. The molecule has 5 nitrogen and oxygen atoms in total. The fourth-order valence-corrected chi connectivity index (χ4v) is 1.30. The summed E-state index contributed by atoms with van der Waals surface area (Å²) in [5.41, 5.74) is -0.424. The van der Waals surface area contributed by atoms with Crippen LogP contribution in [-0.4, -0.2) is 16.0 Å². The van der Waals surface area contributed by atoms with Gasteiger partial charge in [-0.25, -0.2) is 0 Å². The zero-order valence-corrected chi connectivity index (χ0v) is 7.91. The number of nitrogens with one attached hydrogen (secondary N) is 1. The molecule has 0 aliphatic heterocycles. The number of hydrogen-bond acceptors (Lipinski definition) is 4. The van der Waals surface area contributed by atoms with Gasteiger partial charge in [0.2, 0.25) is 5.91 Å². The maximum absolute atomic E-state index is 11.1. The minimum Gasteiger partial charge on any atom is -0.338 e. The van der Waals surface area contributed by atoms with Crippen molar-refractivity contribution in [2.75, 3.05) is 0 Å². The first kappa shape index (κ1) is 8.93. The van der Waals surface area contributed by atoms with Crippen LogP contribution >= 0.6 is 0 Å². The van der Waals surface area contributed by atoms with E-state index in [0.29, 0.717) is 11.7 Å². The predicted octanol–water partition coefficient (Wildman–Crippen LogP) is 0.669. The monoisotopic (exact) mass is 193 g/mol. The van der Waals surface area contributed by atoms with E-state index in [-0.39, 0.29) is 5.91 Å². The van der Waals surface area contributed by atoms with Gasteiger partial charge in [0.1, 0.15) is 5.54 Å². The number of aryl methyl sites for hydroxylation is 1. The molecule has 0 saturated heterocycles. The van der Waals surface area contributed by atoms with Crippen molar-refractivity contribution in [1.82, 2.24) is 15.5 Å². The predicted molar refractivity (Wildman–Crippen MR) is 48.3 cm³/mol. The maximum atomic E-state index is 11.1. The summed E-state index contributed by atoms with van der Waals surface area (Å²) in [5, 5.41) is 6.49. The molecule has 2 rings (SSSR count). The SMILES string of the molecule is C=CC(=O)NC1(c2nc(C)no2)CC1. The zero-order chi connectivity index (χ0) is 10.2. The largest absolute Gasteiger partial charge is 0.338 e. The smallest absolute Gasteiger partial charge is 0.252 e. The molecule has 1 aromatic heterocycles. The number of nitrogens with zero attached hydrogens (tertiary/aromatic N) is 2. The maximum Gasteiger partial charge on any atom is 0.252 e. The van der Waals surface area contributed by atoms with Crippen LogP contribution < -0.4 is 5.32 Å². The van der Waals surface area contributed by atoms with Crippen LogP contribution in [0.5, 0.6) is 0 Å². The van der Waals surface area contributed by atoms with Crippen molar-refractivity contribution in [2.24, 2.45) is 0 Å². The molecular weight excluding hydrogens is 182 g/mol. The summed E-state index contributed by atoms with van der Waals surface area (Å²) in [7, 11) is 0. The number of rotatable bonds is 3. The molecule has 0 bridgehead atoms. The molecular formula is C9H11N3O2. The van der Waals surface area contributed by atoms with Crippen molar-refractivity contribution in [3.63, 3.8) is 0 Å². The van der Waals surface area contributed by atoms with Crippen molar-refractivity contribution in [3.8, 4) is 0 Å². The molecule has 1 N–H and O–H groups in total. The third kappa shape index (κ3) is 1.41. The molecule has 14 heavy (non-hydrogen) atoms. The number of carbonyl (C=O) groups is 1. The van der Waals surface area contributed by atoms with Gasteiger partial charge in [0, 0.05) is 0 Å². The molecule has 0 spiro atoms. The third-order valence-corrected chi connectivity index (χ3v) is 2.23. The first-order chi connectivity index (χ1) is 6.66. The van der Waals surface area contributed by atoms with Crippen molar-refractivity contribution >= 4 is 5.91 Å². The average molecular weight is 193 g/mol. The van der Waals surface area contributed by atoms with Crippen LogP contribution in [0.2, 0.25) is 0 Å². The Morgan fingerprint density at radius 2 is 2.43 bits per heavy atom. The molecule has 1 aliphatic rings. The van der Waals surface area contributed by atoms with E-state index in [1.807, 2.05) is 0 Å². The van der Waals surface area contributed by atoms with Crippen LogP contribution in [-0.2, 0) is 10.3 Å². The minimum absolute atomic E-state index is 0.210. The lowest BCUT2D eigenvalue weighted by Crippen LogP contribution is -2.33. The number of hydrogen-bond donors (Lipinski definition) is 1. The summed E-state index contributed by atoms with van der Waals surface area (Å²) in [5.74, 6) is 0.864. The Morgan fingerprint density at radius 3 is 2.86 bits per heavy atom. The first-order valence-corrected chi connectivity index (χ1v) is 4.42. The van der Waals surface area contributed by atoms with E-state index in [9.17, 15) is 4.79 Å². The van der Waals surface area contributed by atoms with Gasteiger partial charge in [-0.3, -0.25) is 4.79 Å². The molecule has 74 valence electrons. The van der Waals surface area contributed by atoms with Gasteiger partial charge in [0.15, 0.2) is 5.82 Å². The highest BCUT2D eigenvalue weighted by Gasteiger charge is 2.50. The Kier molecular flexibility index (Phi) is 1.87. The molecule has 1 amide bonds. The second-order valence-corrected chi connectivity index (χ2v) is 3.42. The lowest BCUT2D eigenvalue weighted by atomic mass is 10.2. The van der Waals surface area contributed by atoms with Gasteiger partial charge < -0.3 is 9.84 Å². The van der Waals surface area contributed by atoms with Crippen molar-refractivity contribution in [2.45, 2.75) is 25.3 Å². The van der Waals surface area contributed by atoms with Gasteiger partial charge in [-0.05, 0) is 25.8 Å². The number of aromatic nitrogens is 2. The van der Waals surface area contributed by atoms with E-state index < -0.39 is 5.54 Å². The van der Waals surface area contributed by atoms with Crippen LogP contribution in [0.15, 0.2) is 17.2 Å². The van der Waals surface area contributed by atoms with E-state index in [1.54, 1.807) is 6.92 Å². The quantitative estimate of drug-likeness (QED) is 0.716. The molecule has 0 atom stereocenters. The zero-order valence-electron chi connectivity index (χ0n) is 7.91. The van der Waals surface area contributed by atoms with Gasteiger partial charge in [0.25, 0.3) is 5.89 Å². The molecule has 0 radical (unpaired) electrons. The van der Waals surface area contributed by atoms with Gasteiger partial charge >= 0.3 is 0 Å². The number of carbonyl (C=O) groups excluding carboxylic acids is 1. The molecule has 1 saturated carbocycles. The van der Waals surface area contributed by atoms with Crippen LogP contribution in [0.3, 0.4) is 0 Å². The fourth-order valence-electron chi connectivity index (χ4n) is 1.30. The second-order valence-electron chi connectivity index (χ2n) is 3.42. The standard InChI is InChI=1S/C9H11N3O2/c1-3-7(13)11-9(4-5-9)8-10-6(2)12-14-8/h3H,1,4-5H2,2H3,(H,11,13). The lowest BCUT2D eigenvalue weighted by molar-refractivity contribution is -0.117. The van der Waals surface area contributed by atoms with E-state index in [2.05, 4.69) is 22.0 Å². The number of amides is 1. The van der Waals surface area contributed by atoms with Gasteiger partial charge in [-0.2, -0.15) is 4.98 Å². The van der Waals surface area contributed by atoms with Crippen LogP contribution in [0.4, 0.5) is 0 Å². The van der Waals surface area contributed by atoms with Crippen LogP contribution in [0.1, 0.15) is 24.6 Å². The summed E-state index contributed by atoms with van der Waals surface area (Å²) in [6.45, 7) is 5.14. The van der Waals surface area contributed by atoms with E-state index in [0.717, 1.165) is 12.8 Å². The third-order valence-electron chi connectivity index (χ3n) is 2.23. The van der Waals surface area contributed by atoms with Crippen LogP contribution in [0, 0.1) is 6.92 Å². The summed E-state index contributed by atoms with van der Waals surface area (Å²) in [6, 6.07) is 0. The van der Waals surface area contributed by atoms with E-state index >= 15 is 0 Å². The van der Waals surface area contributed by atoms with Crippen molar-refractivity contribution in [1.29, 1.82) is 0 Å². The Morgan fingerprint density at radius 1 is 1.71 bits per heavy atom. The molecule has 1 heterocycles. The average Bonchev–Trinajstić information content (AvgIpc) is 2.81. The summed E-state index contributed by atoms with van der Waals surface area (Å²) >= 11 is 0. The second kappa shape index (κ2) is 2.94. The molecule has 1 aliphatic carbocycles. The highest BCUT2D eigenvalue weighted by Crippen LogP contribution is 2.44. The Bertz CT molecular complexity index is 379. The Balaban J connectivity index is 2.17. The first-order valence-electron chi connectivity index (χ1n) is 4.42. The highest BCUT2D eigenvalue weighted by atomic mass is 16.5. The topological polar surface area (TPSA) is 68.0 Å². The molecule has 1 aromatic rings. The van der Waals surface area contributed by atoms with Gasteiger partial charge in [-0.15, -0.1) is 0 Å². The summed E-state index contributed by atoms with van der Waals surface area (Å²) < 4.78 is 5.03. The Labute approximate surface area is 81.2 Å². The van der Waals surface area contributed by atoms with E-state index in [4.69, 9.17) is 4.52 Å². The molecule has 0 unspecified atom stereocenters. The summed E-state index contributed by atoms with van der Waals surface area (Å²) in [4.78, 5) is 15.2. The summed E-state index contributed by atoms with van der Waals surface area (Å²) in [6.07, 6.45) is 2.92. The highest BCUT2D eigenvalue weighted by molar-refractivity contribution is 5.87. The van der Waals surface area contributed by atoms with Crippen molar-refractivity contribution in [3.05, 3.63) is 24.4 Å². The van der Waals surface area contributed by atoms with Gasteiger partial charge in [-0.1, -0.05) is 11.7 Å². The normalized spacial score (nSPS) is 17.5. The lowest BCUT2D eigenvalue weighted by Gasteiger charge is -2.10. The van der Waals surface area contributed by atoms with Crippen LogP contribution in [0.25, 0.3) is 0 Å². The molecule has 1 fully saturated rings. The van der Waals surface area contributed by atoms with E-state index in [1.165, 1.54) is 6.08 Å². The fraction of sp³-hybridized carbons (Fsp3) is 0.444. The van der Waals surface area contributed by atoms with Gasteiger partial charge in [0.05, 0.1) is 0 Å².